The van der Waals surface area contributed by atoms with E-state index < -0.39 is 0 Å². The van der Waals surface area contributed by atoms with Crippen molar-refractivity contribution in [2.75, 3.05) is 11.9 Å². The highest BCUT2D eigenvalue weighted by Gasteiger charge is 2.04. The highest BCUT2D eigenvalue weighted by molar-refractivity contribution is 9.10. The second kappa shape index (κ2) is 5.37. The van der Waals surface area contributed by atoms with Crippen molar-refractivity contribution in [3.05, 3.63) is 64.1 Å². The standard InChI is InChI=1S/C15H16BrN/c1-12-5-3-4-6-15(12)17(2)11-13-7-9-14(16)10-8-13/h3-10H,11H2,1-2H3. The third kappa shape index (κ3) is 3.10. The van der Waals surface area contributed by atoms with E-state index in [0.29, 0.717) is 0 Å². The molecule has 0 saturated carbocycles. The van der Waals surface area contributed by atoms with Gasteiger partial charge in [-0.1, -0.05) is 46.3 Å². The molecule has 0 aliphatic heterocycles. The van der Waals surface area contributed by atoms with Gasteiger partial charge in [0.15, 0.2) is 0 Å². The van der Waals surface area contributed by atoms with Gasteiger partial charge in [0, 0.05) is 23.8 Å². The summed E-state index contributed by atoms with van der Waals surface area (Å²) in [4.78, 5) is 2.28. The molecule has 2 aromatic carbocycles. The first kappa shape index (κ1) is 12.2. The van der Waals surface area contributed by atoms with E-state index in [4.69, 9.17) is 0 Å². The van der Waals surface area contributed by atoms with Crippen LogP contribution >= 0.6 is 15.9 Å². The Morgan fingerprint density at radius 2 is 1.65 bits per heavy atom. The zero-order valence-electron chi connectivity index (χ0n) is 10.2. The minimum absolute atomic E-state index is 0.929. The second-order valence-corrected chi connectivity index (χ2v) is 5.18. The summed E-state index contributed by atoms with van der Waals surface area (Å²) in [5, 5.41) is 0. The number of para-hydroxylation sites is 1. The first-order chi connectivity index (χ1) is 8.16. The molecule has 2 heteroatoms. The molecule has 2 aromatic rings. The van der Waals surface area contributed by atoms with Crippen molar-refractivity contribution in [2.24, 2.45) is 0 Å². The number of nitrogens with zero attached hydrogens (tertiary/aromatic N) is 1. The van der Waals surface area contributed by atoms with Crippen molar-refractivity contribution in [1.82, 2.24) is 0 Å². The van der Waals surface area contributed by atoms with Crippen LogP contribution in [-0.2, 0) is 6.54 Å². The molecule has 88 valence electrons. The van der Waals surface area contributed by atoms with Crippen LogP contribution in [0.15, 0.2) is 53.0 Å². The van der Waals surface area contributed by atoms with Gasteiger partial charge in [-0.25, -0.2) is 0 Å². The maximum absolute atomic E-state index is 3.45. The minimum Gasteiger partial charge on any atom is -0.370 e. The summed E-state index contributed by atoms with van der Waals surface area (Å²) in [6.45, 7) is 3.07. The Kier molecular flexibility index (Phi) is 3.85. The van der Waals surface area contributed by atoms with Crippen LogP contribution in [0.25, 0.3) is 0 Å². The van der Waals surface area contributed by atoms with E-state index in [2.05, 4.69) is 83.3 Å². The fraction of sp³-hybridized carbons (Fsp3) is 0.200. The van der Waals surface area contributed by atoms with Crippen LogP contribution in [0.3, 0.4) is 0 Å². The van der Waals surface area contributed by atoms with Crippen LogP contribution in [0.2, 0.25) is 0 Å². The van der Waals surface area contributed by atoms with Crippen molar-refractivity contribution in [1.29, 1.82) is 0 Å². The third-order valence-corrected chi connectivity index (χ3v) is 3.39. The summed E-state index contributed by atoms with van der Waals surface area (Å²) in [6, 6.07) is 16.9. The lowest BCUT2D eigenvalue weighted by Crippen LogP contribution is -2.17. The summed E-state index contributed by atoms with van der Waals surface area (Å²) in [5.41, 5.74) is 3.92. The van der Waals surface area contributed by atoms with Crippen LogP contribution in [-0.4, -0.2) is 7.05 Å². The Hall–Kier alpha value is -1.28. The van der Waals surface area contributed by atoms with Gasteiger partial charge in [0.05, 0.1) is 0 Å². The Morgan fingerprint density at radius 3 is 2.29 bits per heavy atom. The average molecular weight is 290 g/mol. The molecule has 0 unspecified atom stereocenters. The molecule has 0 aromatic heterocycles. The van der Waals surface area contributed by atoms with E-state index >= 15 is 0 Å². The van der Waals surface area contributed by atoms with E-state index in [0.717, 1.165) is 11.0 Å². The molecule has 0 fully saturated rings. The number of halogens is 1. The predicted octanol–water partition coefficient (Wildman–Crippen LogP) is 4.39. The van der Waals surface area contributed by atoms with Gasteiger partial charge < -0.3 is 4.90 Å². The molecule has 0 heterocycles. The molecule has 0 radical (unpaired) electrons. The number of aryl methyl sites for hydroxylation is 1. The highest BCUT2D eigenvalue weighted by atomic mass is 79.9. The maximum atomic E-state index is 3.45. The van der Waals surface area contributed by atoms with Crippen LogP contribution in [0.4, 0.5) is 5.69 Å². The molecule has 0 saturated heterocycles. The van der Waals surface area contributed by atoms with Gasteiger partial charge >= 0.3 is 0 Å². The normalized spacial score (nSPS) is 10.3. The van der Waals surface area contributed by atoms with Crippen molar-refractivity contribution >= 4 is 21.6 Å². The lowest BCUT2D eigenvalue weighted by Gasteiger charge is -2.21. The number of hydrogen-bond acceptors (Lipinski definition) is 1. The first-order valence-corrected chi connectivity index (χ1v) is 6.47. The Labute approximate surface area is 111 Å². The number of anilines is 1. The van der Waals surface area contributed by atoms with Crippen LogP contribution in [0.1, 0.15) is 11.1 Å². The Bertz CT molecular complexity index is 491. The summed E-state index contributed by atoms with van der Waals surface area (Å²) in [6.07, 6.45) is 0. The quantitative estimate of drug-likeness (QED) is 0.810. The van der Waals surface area contributed by atoms with Gasteiger partial charge in [-0.15, -0.1) is 0 Å². The highest BCUT2D eigenvalue weighted by Crippen LogP contribution is 2.20. The smallest absolute Gasteiger partial charge is 0.0426 e. The maximum Gasteiger partial charge on any atom is 0.0426 e. The first-order valence-electron chi connectivity index (χ1n) is 5.68. The van der Waals surface area contributed by atoms with Gasteiger partial charge in [0.1, 0.15) is 0 Å². The molecule has 0 aliphatic carbocycles. The van der Waals surface area contributed by atoms with Gasteiger partial charge in [0.25, 0.3) is 0 Å². The molecule has 0 bridgehead atoms. The Balaban J connectivity index is 2.14. The van der Waals surface area contributed by atoms with Crippen molar-refractivity contribution in [3.8, 4) is 0 Å². The monoisotopic (exact) mass is 289 g/mol. The topological polar surface area (TPSA) is 3.24 Å². The average Bonchev–Trinajstić information content (AvgIpc) is 2.32. The van der Waals surface area contributed by atoms with Gasteiger partial charge in [0.2, 0.25) is 0 Å². The van der Waals surface area contributed by atoms with Crippen LogP contribution in [0, 0.1) is 6.92 Å². The van der Waals surface area contributed by atoms with Crippen molar-refractivity contribution < 1.29 is 0 Å². The zero-order valence-corrected chi connectivity index (χ0v) is 11.7. The molecular formula is C15H16BrN. The lowest BCUT2D eigenvalue weighted by molar-refractivity contribution is 0.917. The van der Waals surface area contributed by atoms with Crippen LogP contribution < -0.4 is 4.90 Å². The molecule has 2 rings (SSSR count). The van der Waals surface area contributed by atoms with Gasteiger partial charge in [-0.3, -0.25) is 0 Å². The lowest BCUT2D eigenvalue weighted by atomic mass is 10.1. The molecule has 1 nitrogen and oxygen atoms in total. The van der Waals surface area contributed by atoms with Gasteiger partial charge in [-0.05, 0) is 36.2 Å². The third-order valence-electron chi connectivity index (χ3n) is 2.86. The van der Waals surface area contributed by atoms with E-state index in [1.165, 1.54) is 16.8 Å². The van der Waals surface area contributed by atoms with E-state index in [1.54, 1.807) is 0 Å². The molecule has 17 heavy (non-hydrogen) atoms. The molecule has 0 atom stereocenters. The summed E-state index contributed by atoms with van der Waals surface area (Å²) >= 11 is 3.45. The number of benzene rings is 2. The molecular weight excluding hydrogens is 274 g/mol. The second-order valence-electron chi connectivity index (χ2n) is 4.27. The minimum atomic E-state index is 0.929. The SMILES string of the molecule is Cc1ccccc1N(C)Cc1ccc(Br)cc1. The predicted molar refractivity (Wildman–Crippen MR) is 77.4 cm³/mol. The van der Waals surface area contributed by atoms with Crippen molar-refractivity contribution in [2.45, 2.75) is 13.5 Å². The largest absolute Gasteiger partial charge is 0.370 e. The molecule has 0 spiro atoms. The zero-order chi connectivity index (χ0) is 12.3. The fourth-order valence-electron chi connectivity index (χ4n) is 1.94. The van der Waals surface area contributed by atoms with E-state index in [1.807, 2.05) is 0 Å². The number of hydrogen-bond donors (Lipinski definition) is 0. The van der Waals surface area contributed by atoms with Crippen LogP contribution in [0.5, 0.6) is 0 Å². The molecule has 0 amide bonds. The van der Waals surface area contributed by atoms with Crippen molar-refractivity contribution in [3.63, 3.8) is 0 Å². The van der Waals surface area contributed by atoms with Gasteiger partial charge in [-0.2, -0.15) is 0 Å². The van der Waals surface area contributed by atoms with E-state index in [9.17, 15) is 0 Å². The summed E-state index contributed by atoms with van der Waals surface area (Å²) in [7, 11) is 2.13. The Morgan fingerprint density at radius 1 is 1.00 bits per heavy atom. The number of rotatable bonds is 3. The summed E-state index contributed by atoms with van der Waals surface area (Å²) < 4.78 is 1.12. The molecule has 0 aliphatic rings. The fourth-order valence-corrected chi connectivity index (χ4v) is 2.20. The summed E-state index contributed by atoms with van der Waals surface area (Å²) in [5.74, 6) is 0. The van der Waals surface area contributed by atoms with E-state index in [-0.39, 0.29) is 0 Å². The molecule has 0 N–H and O–H groups in total.